The Labute approximate surface area is 138 Å². The molecular weight excluding hydrogens is 307 g/mol. The maximum Gasteiger partial charge on any atom is 0.261 e. The minimum absolute atomic E-state index is 0.210. The van der Waals surface area contributed by atoms with Crippen LogP contribution in [0.15, 0.2) is 67.0 Å². The summed E-state index contributed by atoms with van der Waals surface area (Å²) in [6.45, 7) is 0. The van der Waals surface area contributed by atoms with Crippen molar-refractivity contribution < 1.29 is 9.18 Å². The second kappa shape index (κ2) is 6.87. The quantitative estimate of drug-likeness (QED) is 0.797. The molecule has 0 aliphatic carbocycles. The van der Waals surface area contributed by atoms with Gasteiger partial charge in [0.25, 0.3) is 5.91 Å². The molecule has 2 aromatic carbocycles. The Kier molecular flexibility index (Phi) is 4.47. The van der Waals surface area contributed by atoms with E-state index in [4.69, 9.17) is 0 Å². The highest BCUT2D eigenvalue weighted by Crippen LogP contribution is 2.16. The van der Waals surface area contributed by atoms with Crippen molar-refractivity contribution in [2.75, 3.05) is 17.3 Å². The molecule has 0 spiro atoms. The SMILES string of the molecule is CN(C(=O)c1cnc(Nc2cccc(F)c2)nc1)c1ccccc1. The Bertz CT molecular complexity index is 837. The molecule has 1 N–H and O–H groups in total. The molecule has 0 fully saturated rings. The van der Waals surface area contributed by atoms with Crippen LogP contribution >= 0.6 is 0 Å². The summed E-state index contributed by atoms with van der Waals surface area (Å²) in [5.41, 5.74) is 1.69. The van der Waals surface area contributed by atoms with Crippen molar-refractivity contribution in [3.05, 3.63) is 78.4 Å². The molecule has 1 aromatic heterocycles. The van der Waals surface area contributed by atoms with Crippen molar-refractivity contribution in [2.24, 2.45) is 0 Å². The smallest absolute Gasteiger partial charge is 0.261 e. The minimum Gasteiger partial charge on any atom is -0.324 e. The fourth-order valence-corrected chi connectivity index (χ4v) is 2.16. The number of aromatic nitrogens is 2. The third-order valence-electron chi connectivity index (χ3n) is 3.43. The van der Waals surface area contributed by atoms with E-state index in [0.717, 1.165) is 5.69 Å². The van der Waals surface area contributed by atoms with E-state index in [9.17, 15) is 9.18 Å². The average molecular weight is 322 g/mol. The fourth-order valence-electron chi connectivity index (χ4n) is 2.16. The van der Waals surface area contributed by atoms with Gasteiger partial charge < -0.3 is 10.2 Å². The maximum atomic E-state index is 13.2. The van der Waals surface area contributed by atoms with E-state index in [1.807, 2.05) is 30.3 Å². The molecule has 120 valence electrons. The summed E-state index contributed by atoms with van der Waals surface area (Å²) in [6.07, 6.45) is 2.88. The second-order valence-electron chi connectivity index (χ2n) is 5.13. The first-order chi connectivity index (χ1) is 11.6. The van der Waals surface area contributed by atoms with Crippen LogP contribution in [-0.2, 0) is 0 Å². The van der Waals surface area contributed by atoms with Gasteiger partial charge in [-0.3, -0.25) is 4.79 Å². The third-order valence-corrected chi connectivity index (χ3v) is 3.43. The van der Waals surface area contributed by atoms with Gasteiger partial charge in [-0.25, -0.2) is 14.4 Å². The van der Waals surface area contributed by atoms with Crippen LogP contribution in [0.25, 0.3) is 0 Å². The van der Waals surface area contributed by atoms with Gasteiger partial charge in [-0.2, -0.15) is 0 Å². The van der Waals surface area contributed by atoms with E-state index in [2.05, 4.69) is 15.3 Å². The summed E-state index contributed by atoms with van der Waals surface area (Å²) in [7, 11) is 1.69. The highest BCUT2D eigenvalue weighted by molar-refractivity contribution is 6.05. The van der Waals surface area contributed by atoms with Crippen LogP contribution in [0.3, 0.4) is 0 Å². The van der Waals surface area contributed by atoms with E-state index >= 15 is 0 Å². The van der Waals surface area contributed by atoms with Crippen molar-refractivity contribution in [1.29, 1.82) is 0 Å². The van der Waals surface area contributed by atoms with Crippen molar-refractivity contribution in [2.45, 2.75) is 0 Å². The van der Waals surface area contributed by atoms with Gasteiger partial charge in [-0.1, -0.05) is 24.3 Å². The number of hydrogen-bond donors (Lipinski definition) is 1. The maximum absolute atomic E-state index is 13.2. The van der Waals surface area contributed by atoms with Crippen molar-refractivity contribution >= 4 is 23.2 Å². The molecule has 1 amide bonds. The zero-order valence-electron chi connectivity index (χ0n) is 13.0. The predicted molar refractivity (Wildman–Crippen MR) is 90.9 cm³/mol. The molecule has 0 bridgehead atoms. The highest BCUT2D eigenvalue weighted by Gasteiger charge is 2.14. The lowest BCUT2D eigenvalue weighted by Gasteiger charge is -2.17. The molecule has 3 aromatic rings. The molecule has 0 unspecified atom stereocenters. The van der Waals surface area contributed by atoms with Gasteiger partial charge in [0, 0.05) is 30.8 Å². The van der Waals surface area contributed by atoms with E-state index in [-0.39, 0.29) is 11.7 Å². The number of rotatable bonds is 4. The normalized spacial score (nSPS) is 10.2. The topological polar surface area (TPSA) is 58.1 Å². The van der Waals surface area contributed by atoms with Gasteiger partial charge in [-0.15, -0.1) is 0 Å². The highest BCUT2D eigenvalue weighted by atomic mass is 19.1. The van der Waals surface area contributed by atoms with Crippen molar-refractivity contribution in [3.63, 3.8) is 0 Å². The van der Waals surface area contributed by atoms with Crippen LogP contribution in [-0.4, -0.2) is 22.9 Å². The standard InChI is InChI=1S/C18H15FN4O/c1-23(16-8-3-2-4-9-16)17(24)13-11-20-18(21-12-13)22-15-7-5-6-14(19)10-15/h2-12H,1H3,(H,20,21,22). The summed E-state index contributed by atoms with van der Waals surface area (Å²) in [6, 6.07) is 15.3. The van der Waals surface area contributed by atoms with Gasteiger partial charge >= 0.3 is 0 Å². The number of amides is 1. The monoisotopic (exact) mass is 322 g/mol. The summed E-state index contributed by atoms with van der Waals surface area (Å²) in [5.74, 6) is -0.269. The van der Waals surface area contributed by atoms with E-state index < -0.39 is 0 Å². The molecule has 0 radical (unpaired) electrons. The Morgan fingerprint density at radius 3 is 2.42 bits per heavy atom. The van der Waals surface area contributed by atoms with Crippen LogP contribution in [0.1, 0.15) is 10.4 Å². The minimum atomic E-state index is -0.351. The lowest BCUT2D eigenvalue weighted by Crippen LogP contribution is -2.26. The number of para-hydroxylation sites is 1. The van der Waals surface area contributed by atoms with Gasteiger partial charge in [-0.05, 0) is 30.3 Å². The molecular formula is C18H15FN4O. The van der Waals surface area contributed by atoms with Crippen LogP contribution in [0.5, 0.6) is 0 Å². The molecule has 0 atom stereocenters. The van der Waals surface area contributed by atoms with Crippen molar-refractivity contribution in [1.82, 2.24) is 9.97 Å². The Morgan fingerprint density at radius 2 is 1.75 bits per heavy atom. The summed E-state index contributed by atoms with van der Waals surface area (Å²) < 4.78 is 13.2. The first-order valence-electron chi connectivity index (χ1n) is 7.31. The van der Waals surface area contributed by atoms with E-state index in [1.54, 1.807) is 19.2 Å². The molecule has 0 saturated heterocycles. The molecule has 24 heavy (non-hydrogen) atoms. The number of carbonyl (C=O) groups is 1. The van der Waals surface area contributed by atoms with Gasteiger partial charge in [0.05, 0.1) is 5.56 Å². The van der Waals surface area contributed by atoms with E-state index in [1.165, 1.54) is 29.4 Å². The molecule has 6 heteroatoms. The number of nitrogens with one attached hydrogen (secondary N) is 1. The third kappa shape index (κ3) is 3.55. The fraction of sp³-hybridized carbons (Fsp3) is 0.0556. The number of carbonyl (C=O) groups excluding carboxylic acids is 1. The predicted octanol–water partition coefficient (Wildman–Crippen LogP) is 3.64. The van der Waals surface area contributed by atoms with Crippen LogP contribution < -0.4 is 10.2 Å². The van der Waals surface area contributed by atoms with Gasteiger partial charge in [0.1, 0.15) is 5.82 Å². The summed E-state index contributed by atoms with van der Waals surface area (Å²) in [4.78, 5) is 22.2. The van der Waals surface area contributed by atoms with Crippen LogP contribution in [0.2, 0.25) is 0 Å². The molecule has 0 aliphatic heterocycles. The number of halogens is 1. The molecule has 5 nitrogen and oxygen atoms in total. The zero-order valence-corrected chi connectivity index (χ0v) is 13.0. The Hall–Kier alpha value is -3.28. The average Bonchev–Trinajstić information content (AvgIpc) is 2.62. The molecule has 0 saturated carbocycles. The van der Waals surface area contributed by atoms with Crippen LogP contribution in [0.4, 0.5) is 21.7 Å². The number of hydrogen-bond acceptors (Lipinski definition) is 4. The summed E-state index contributed by atoms with van der Waals surface area (Å²) >= 11 is 0. The number of nitrogens with zero attached hydrogens (tertiary/aromatic N) is 3. The number of benzene rings is 2. The second-order valence-corrected chi connectivity index (χ2v) is 5.13. The lowest BCUT2D eigenvalue weighted by molar-refractivity contribution is 0.0992. The van der Waals surface area contributed by atoms with Crippen LogP contribution in [0, 0.1) is 5.82 Å². The zero-order chi connectivity index (χ0) is 16.9. The largest absolute Gasteiger partial charge is 0.324 e. The first kappa shape index (κ1) is 15.6. The first-order valence-corrected chi connectivity index (χ1v) is 7.31. The Morgan fingerprint density at radius 1 is 1.04 bits per heavy atom. The summed E-state index contributed by atoms with van der Waals surface area (Å²) in [5, 5.41) is 2.88. The molecule has 0 aliphatic rings. The lowest BCUT2D eigenvalue weighted by atomic mass is 10.2. The molecule has 3 rings (SSSR count). The molecule has 1 heterocycles. The van der Waals surface area contributed by atoms with Gasteiger partial charge in [0.2, 0.25) is 5.95 Å². The van der Waals surface area contributed by atoms with Crippen molar-refractivity contribution in [3.8, 4) is 0 Å². The van der Waals surface area contributed by atoms with Gasteiger partial charge in [0.15, 0.2) is 0 Å². The Balaban J connectivity index is 1.73. The number of anilines is 3. The van der Waals surface area contributed by atoms with E-state index in [0.29, 0.717) is 17.2 Å².